The number of hydrogen-bond donors (Lipinski definition) is 2. The molecule has 8 heteroatoms. The van der Waals surface area contributed by atoms with Crippen molar-refractivity contribution >= 4 is 41.8 Å². The van der Waals surface area contributed by atoms with Gasteiger partial charge in [-0.3, -0.25) is 4.79 Å². The van der Waals surface area contributed by atoms with E-state index >= 15 is 0 Å². The molecule has 2 heterocycles. The van der Waals surface area contributed by atoms with E-state index in [0.717, 1.165) is 42.7 Å². The Kier molecular flexibility index (Phi) is 10.7. The fourth-order valence-corrected chi connectivity index (χ4v) is 2.49. The van der Waals surface area contributed by atoms with E-state index in [1.807, 2.05) is 17.7 Å². The van der Waals surface area contributed by atoms with Crippen molar-refractivity contribution in [1.82, 2.24) is 25.4 Å². The van der Waals surface area contributed by atoms with Gasteiger partial charge in [-0.05, 0) is 39.3 Å². The number of rotatable bonds is 8. The highest BCUT2D eigenvalue weighted by Gasteiger charge is 2.17. The van der Waals surface area contributed by atoms with E-state index in [1.165, 1.54) is 0 Å². The van der Waals surface area contributed by atoms with Crippen molar-refractivity contribution < 1.29 is 4.79 Å². The zero-order valence-electron chi connectivity index (χ0n) is 15.3. The van der Waals surface area contributed by atoms with Gasteiger partial charge in [-0.15, -0.1) is 24.8 Å². The minimum absolute atomic E-state index is 0. The minimum atomic E-state index is -0.0671. The van der Waals surface area contributed by atoms with Gasteiger partial charge in [0.05, 0.1) is 23.2 Å². The summed E-state index contributed by atoms with van der Waals surface area (Å²) < 4.78 is 1.90. The minimum Gasteiger partial charge on any atom is -0.351 e. The average Bonchev–Trinajstić information content (AvgIpc) is 2.96. The normalized spacial score (nSPS) is 11.5. The topological polar surface area (TPSA) is 71.8 Å². The van der Waals surface area contributed by atoms with E-state index in [4.69, 9.17) is 0 Å². The highest BCUT2D eigenvalue weighted by molar-refractivity contribution is 6.05. The monoisotopic (exact) mass is 389 g/mol. The number of carbonyl (C=O) groups is 1. The largest absolute Gasteiger partial charge is 0.351 e. The maximum absolute atomic E-state index is 12.5. The third kappa shape index (κ3) is 5.83. The molecule has 0 aromatic carbocycles. The van der Waals surface area contributed by atoms with E-state index in [0.29, 0.717) is 12.1 Å². The Hall–Kier alpha value is -1.37. The first-order valence-electron chi connectivity index (χ1n) is 8.42. The number of amides is 1. The second-order valence-corrected chi connectivity index (χ2v) is 5.90. The van der Waals surface area contributed by atoms with Gasteiger partial charge in [-0.25, -0.2) is 9.67 Å². The number of pyridine rings is 1. The van der Waals surface area contributed by atoms with Crippen molar-refractivity contribution in [1.29, 1.82) is 0 Å². The first-order valence-corrected chi connectivity index (χ1v) is 8.42. The molecule has 0 saturated carbocycles. The van der Waals surface area contributed by atoms with Crippen LogP contribution in [0.2, 0.25) is 0 Å². The summed E-state index contributed by atoms with van der Waals surface area (Å²) in [5.74, 6) is -0.0671. The zero-order valence-corrected chi connectivity index (χ0v) is 17.0. The summed E-state index contributed by atoms with van der Waals surface area (Å²) in [5.41, 5.74) is 2.27. The van der Waals surface area contributed by atoms with Crippen molar-refractivity contribution in [3.8, 4) is 0 Å². The molecule has 2 N–H and O–H groups in total. The lowest BCUT2D eigenvalue weighted by Gasteiger charge is -2.11. The number of hydrogen-bond acceptors (Lipinski definition) is 4. The van der Waals surface area contributed by atoms with Gasteiger partial charge in [0.1, 0.15) is 0 Å². The molecule has 1 amide bonds. The molecule has 2 rings (SSSR count). The van der Waals surface area contributed by atoms with Gasteiger partial charge in [0.2, 0.25) is 0 Å². The number of nitrogens with one attached hydrogen (secondary N) is 2. The smallest absolute Gasteiger partial charge is 0.252 e. The zero-order chi connectivity index (χ0) is 16.8. The van der Waals surface area contributed by atoms with E-state index in [-0.39, 0.29) is 36.8 Å². The van der Waals surface area contributed by atoms with E-state index in [2.05, 4.69) is 41.5 Å². The van der Waals surface area contributed by atoms with Crippen LogP contribution in [0.15, 0.2) is 12.3 Å². The summed E-state index contributed by atoms with van der Waals surface area (Å²) in [6.45, 7) is 10.6. The Morgan fingerprint density at radius 3 is 2.60 bits per heavy atom. The lowest BCUT2D eigenvalue weighted by Crippen LogP contribution is -2.32. The number of aromatic nitrogens is 3. The van der Waals surface area contributed by atoms with Gasteiger partial charge in [-0.2, -0.15) is 5.10 Å². The van der Waals surface area contributed by atoms with Crippen molar-refractivity contribution in [2.75, 3.05) is 19.6 Å². The molecule has 2 aromatic heterocycles. The van der Waals surface area contributed by atoms with Crippen LogP contribution in [0.3, 0.4) is 0 Å². The predicted octanol–water partition coefficient (Wildman–Crippen LogP) is 3.28. The van der Waals surface area contributed by atoms with Crippen LogP contribution in [0.5, 0.6) is 0 Å². The molecular formula is C17H29Cl2N5O. The molecule has 0 spiro atoms. The molecule has 1 atom stereocenters. The molecule has 142 valence electrons. The molecule has 0 aliphatic rings. The molecule has 25 heavy (non-hydrogen) atoms. The van der Waals surface area contributed by atoms with E-state index in [1.54, 1.807) is 6.20 Å². The van der Waals surface area contributed by atoms with Crippen LogP contribution in [0.4, 0.5) is 0 Å². The first kappa shape index (κ1) is 23.6. The van der Waals surface area contributed by atoms with Gasteiger partial charge in [0, 0.05) is 18.8 Å². The maximum Gasteiger partial charge on any atom is 0.252 e. The van der Waals surface area contributed by atoms with Crippen LogP contribution < -0.4 is 10.6 Å². The van der Waals surface area contributed by atoms with Crippen molar-refractivity contribution in [3.05, 3.63) is 23.5 Å². The third-order valence-electron chi connectivity index (χ3n) is 3.96. The van der Waals surface area contributed by atoms with E-state index < -0.39 is 0 Å². The lowest BCUT2D eigenvalue weighted by atomic mass is 10.1. The quantitative estimate of drug-likeness (QED) is 0.679. The summed E-state index contributed by atoms with van der Waals surface area (Å²) in [4.78, 5) is 17.1. The molecule has 0 aliphatic carbocycles. The van der Waals surface area contributed by atoms with Crippen LogP contribution in [0.25, 0.3) is 11.0 Å². The fourth-order valence-electron chi connectivity index (χ4n) is 2.49. The number of fused-ring (bicyclic) bond motifs is 1. The Balaban J connectivity index is 0.00000288. The van der Waals surface area contributed by atoms with Crippen molar-refractivity contribution in [2.24, 2.45) is 0 Å². The van der Waals surface area contributed by atoms with Crippen LogP contribution in [0, 0.1) is 6.92 Å². The standard InChI is InChI=1S/C17H27N5O.2ClH/c1-5-7-18-8-9-19-17(23)14-10-12(3)21-16-15(14)11-20-22(16)13(4)6-2;;/h10-11,13,18H,5-9H2,1-4H3,(H,19,23);2*1H. The van der Waals surface area contributed by atoms with Crippen LogP contribution in [0.1, 0.15) is 55.7 Å². The predicted molar refractivity (Wildman–Crippen MR) is 107 cm³/mol. The van der Waals surface area contributed by atoms with Crippen molar-refractivity contribution in [3.63, 3.8) is 0 Å². The molecule has 0 saturated heterocycles. The third-order valence-corrected chi connectivity index (χ3v) is 3.96. The summed E-state index contributed by atoms with van der Waals surface area (Å²) in [6, 6.07) is 2.09. The summed E-state index contributed by atoms with van der Waals surface area (Å²) >= 11 is 0. The van der Waals surface area contributed by atoms with Crippen LogP contribution in [-0.2, 0) is 0 Å². The van der Waals surface area contributed by atoms with Gasteiger partial charge in [0.15, 0.2) is 5.65 Å². The maximum atomic E-state index is 12.5. The van der Waals surface area contributed by atoms with Gasteiger partial charge < -0.3 is 10.6 Å². The number of aryl methyl sites for hydroxylation is 1. The number of halogens is 2. The fraction of sp³-hybridized carbons (Fsp3) is 0.588. The first-order chi connectivity index (χ1) is 11.1. The molecular weight excluding hydrogens is 361 g/mol. The highest BCUT2D eigenvalue weighted by Crippen LogP contribution is 2.22. The Bertz CT molecular complexity index is 674. The average molecular weight is 390 g/mol. The second-order valence-electron chi connectivity index (χ2n) is 5.90. The Morgan fingerprint density at radius 2 is 1.96 bits per heavy atom. The Morgan fingerprint density at radius 1 is 1.24 bits per heavy atom. The molecule has 2 aromatic rings. The molecule has 0 radical (unpaired) electrons. The summed E-state index contributed by atoms with van der Waals surface area (Å²) in [5, 5.41) is 11.5. The van der Waals surface area contributed by atoms with E-state index in [9.17, 15) is 4.79 Å². The molecule has 6 nitrogen and oxygen atoms in total. The molecule has 0 aliphatic heterocycles. The van der Waals surface area contributed by atoms with Crippen LogP contribution in [-0.4, -0.2) is 40.3 Å². The van der Waals surface area contributed by atoms with Crippen molar-refractivity contribution in [2.45, 2.75) is 46.6 Å². The molecule has 0 fully saturated rings. The second kappa shape index (κ2) is 11.3. The van der Waals surface area contributed by atoms with Gasteiger partial charge >= 0.3 is 0 Å². The number of carbonyl (C=O) groups excluding carboxylic acids is 1. The lowest BCUT2D eigenvalue weighted by molar-refractivity contribution is 0.0955. The Labute approximate surface area is 162 Å². The number of nitrogens with zero attached hydrogens (tertiary/aromatic N) is 3. The van der Waals surface area contributed by atoms with Gasteiger partial charge in [-0.1, -0.05) is 13.8 Å². The molecule has 1 unspecified atom stereocenters. The van der Waals surface area contributed by atoms with Crippen LogP contribution >= 0.6 is 24.8 Å². The van der Waals surface area contributed by atoms with Gasteiger partial charge in [0.25, 0.3) is 5.91 Å². The molecule has 0 bridgehead atoms. The SMILES string of the molecule is CCCNCCNC(=O)c1cc(C)nc2c1cnn2C(C)CC.Cl.Cl. The highest BCUT2D eigenvalue weighted by atomic mass is 35.5. The summed E-state index contributed by atoms with van der Waals surface area (Å²) in [6.07, 6.45) is 3.81. The summed E-state index contributed by atoms with van der Waals surface area (Å²) in [7, 11) is 0.